The molecule has 0 fully saturated rings. The van der Waals surface area contributed by atoms with Gasteiger partial charge in [0.15, 0.2) is 0 Å². The van der Waals surface area contributed by atoms with Crippen molar-refractivity contribution in [1.82, 2.24) is 0 Å². The van der Waals surface area contributed by atoms with Crippen LogP contribution in [-0.2, 0) is 0 Å². The van der Waals surface area contributed by atoms with Gasteiger partial charge in [0.05, 0.1) is 0 Å². The molecule has 1 aliphatic carbocycles. The van der Waals surface area contributed by atoms with E-state index >= 15 is 0 Å². The molecule has 0 N–H and O–H groups in total. The highest BCUT2D eigenvalue weighted by Gasteiger charge is 2.18. The SMILES string of the molecule is C1=CCCC(N(c2ccccc2)c2ccc(=C(c3ccccc3)c3cccc(N(c4ccccc4)c4ccccc4)c3)c(=Cc3ccccc3)c2)=C1. The molecule has 2 nitrogen and oxygen atoms in total. The third-order valence-corrected chi connectivity index (χ3v) is 9.46. The fourth-order valence-electron chi connectivity index (χ4n) is 7.08. The van der Waals surface area contributed by atoms with Crippen LogP contribution in [-0.4, -0.2) is 0 Å². The van der Waals surface area contributed by atoms with Crippen LogP contribution in [0.5, 0.6) is 0 Å². The molecule has 0 heterocycles. The van der Waals surface area contributed by atoms with Gasteiger partial charge in [-0.05, 0) is 118 Å². The van der Waals surface area contributed by atoms with Gasteiger partial charge < -0.3 is 9.80 Å². The van der Waals surface area contributed by atoms with Crippen LogP contribution in [0.4, 0.5) is 28.4 Å². The molecule has 7 aromatic rings. The van der Waals surface area contributed by atoms with Crippen LogP contribution in [0, 0.1) is 0 Å². The van der Waals surface area contributed by atoms with Crippen molar-refractivity contribution >= 4 is 40.1 Å². The van der Waals surface area contributed by atoms with E-state index in [0.717, 1.165) is 57.6 Å². The first-order chi connectivity index (χ1) is 25.8. The Bertz CT molecular complexity index is 2390. The molecule has 2 heteroatoms. The van der Waals surface area contributed by atoms with Crippen molar-refractivity contribution in [3.63, 3.8) is 0 Å². The lowest BCUT2D eigenvalue weighted by Gasteiger charge is -2.29. The van der Waals surface area contributed by atoms with Crippen LogP contribution in [0.1, 0.15) is 29.5 Å². The minimum atomic E-state index is 0.985. The predicted octanol–water partition coefficient (Wildman–Crippen LogP) is 11.6. The van der Waals surface area contributed by atoms with Gasteiger partial charge in [-0.15, -0.1) is 0 Å². The summed E-state index contributed by atoms with van der Waals surface area (Å²) in [7, 11) is 0. The number of rotatable bonds is 9. The second kappa shape index (κ2) is 15.5. The molecule has 0 atom stereocenters. The van der Waals surface area contributed by atoms with E-state index in [1.54, 1.807) is 0 Å². The van der Waals surface area contributed by atoms with E-state index in [4.69, 9.17) is 0 Å². The summed E-state index contributed by atoms with van der Waals surface area (Å²) in [6.07, 6.45) is 11.0. The van der Waals surface area contributed by atoms with Crippen LogP contribution >= 0.6 is 0 Å². The number of hydrogen-bond donors (Lipinski definition) is 0. The molecule has 0 amide bonds. The average molecular weight is 669 g/mol. The second-order valence-corrected chi connectivity index (χ2v) is 12.9. The molecule has 0 spiro atoms. The van der Waals surface area contributed by atoms with E-state index in [1.807, 2.05) is 0 Å². The van der Waals surface area contributed by atoms with Gasteiger partial charge in [-0.25, -0.2) is 0 Å². The van der Waals surface area contributed by atoms with Crippen molar-refractivity contribution in [2.75, 3.05) is 9.80 Å². The average Bonchev–Trinajstić information content (AvgIpc) is 3.22. The van der Waals surface area contributed by atoms with Crippen molar-refractivity contribution in [2.24, 2.45) is 0 Å². The van der Waals surface area contributed by atoms with Gasteiger partial charge in [-0.2, -0.15) is 0 Å². The standard InChI is InChI=1S/C50H40N2/c1-7-20-39(21-8-1)36-42-38-48(52(45-29-15-5-16-30-45)46-31-17-6-18-32-46)34-35-49(42)50(40-22-9-2-10-23-40)41-24-19-33-47(37-41)51(43-25-11-3-12-26-43)44-27-13-4-14-28-44/h1-17,19-31,33-38H,18,32H2. The van der Waals surface area contributed by atoms with E-state index in [9.17, 15) is 0 Å². The maximum Gasteiger partial charge on any atom is 0.0467 e. The van der Waals surface area contributed by atoms with Crippen LogP contribution in [0.3, 0.4) is 0 Å². The smallest absolute Gasteiger partial charge is 0.0467 e. The maximum atomic E-state index is 2.41. The molecule has 250 valence electrons. The van der Waals surface area contributed by atoms with Gasteiger partial charge in [0.1, 0.15) is 0 Å². The minimum absolute atomic E-state index is 0.985. The lowest BCUT2D eigenvalue weighted by atomic mass is 9.93. The Kier molecular flexibility index (Phi) is 9.70. The highest BCUT2D eigenvalue weighted by molar-refractivity contribution is 5.85. The molecule has 8 rings (SSSR count). The van der Waals surface area contributed by atoms with Crippen molar-refractivity contribution in [3.8, 4) is 0 Å². The minimum Gasteiger partial charge on any atom is -0.314 e. The number of anilines is 5. The molecule has 0 saturated carbocycles. The van der Waals surface area contributed by atoms with Gasteiger partial charge >= 0.3 is 0 Å². The third-order valence-electron chi connectivity index (χ3n) is 9.46. The van der Waals surface area contributed by atoms with Crippen LogP contribution in [0.2, 0.25) is 0 Å². The van der Waals surface area contributed by atoms with Crippen molar-refractivity contribution in [2.45, 2.75) is 12.8 Å². The lowest BCUT2D eigenvalue weighted by Crippen LogP contribution is -2.30. The summed E-state index contributed by atoms with van der Waals surface area (Å²) in [4.78, 5) is 4.74. The number of hydrogen-bond acceptors (Lipinski definition) is 2. The Morgan fingerprint density at radius 3 is 1.56 bits per heavy atom. The highest BCUT2D eigenvalue weighted by atomic mass is 15.2. The van der Waals surface area contributed by atoms with Gasteiger partial charge in [-0.1, -0.05) is 146 Å². The van der Waals surface area contributed by atoms with E-state index in [2.05, 4.69) is 228 Å². The molecule has 7 aromatic carbocycles. The lowest BCUT2D eigenvalue weighted by molar-refractivity contribution is 0.917. The largest absolute Gasteiger partial charge is 0.314 e. The van der Waals surface area contributed by atoms with E-state index < -0.39 is 0 Å². The zero-order valence-electron chi connectivity index (χ0n) is 29.1. The Morgan fingerprint density at radius 2 is 0.962 bits per heavy atom. The molecular weight excluding hydrogens is 629 g/mol. The van der Waals surface area contributed by atoms with Crippen molar-refractivity contribution in [1.29, 1.82) is 0 Å². The molecule has 0 unspecified atom stereocenters. The molecule has 0 aromatic heterocycles. The quantitative estimate of drug-likeness (QED) is 0.151. The molecule has 0 aliphatic heterocycles. The first-order valence-corrected chi connectivity index (χ1v) is 18.0. The zero-order chi connectivity index (χ0) is 35.0. The summed E-state index contributed by atoms with van der Waals surface area (Å²) in [6.45, 7) is 0. The number of allylic oxidation sites excluding steroid dienone is 4. The topological polar surface area (TPSA) is 6.48 Å². The molecule has 0 radical (unpaired) electrons. The van der Waals surface area contributed by atoms with E-state index in [0.29, 0.717) is 0 Å². The first-order valence-electron chi connectivity index (χ1n) is 18.0. The van der Waals surface area contributed by atoms with Crippen LogP contribution in [0.15, 0.2) is 218 Å². The second-order valence-electron chi connectivity index (χ2n) is 12.9. The van der Waals surface area contributed by atoms with Gasteiger partial charge in [0, 0.05) is 34.1 Å². The zero-order valence-corrected chi connectivity index (χ0v) is 29.1. The fraction of sp³-hybridized carbons (Fsp3) is 0.0400. The molecule has 1 aliphatic rings. The van der Waals surface area contributed by atoms with Gasteiger partial charge in [0.25, 0.3) is 0 Å². The number of benzene rings is 7. The van der Waals surface area contributed by atoms with E-state index in [-0.39, 0.29) is 0 Å². The van der Waals surface area contributed by atoms with Gasteiger partial charge in [0.2, 0.25) is 0 Å². The fourth-order valence-corrected chi connectivity index (χ4v) is 7.08. The summed E-state index contributed by atoms with van der Waals surface area (Å²) in [5, 5.41) is 2.33. The number of nitrogens with zero attached hydrogens (tertiary/aromatic N) is 2. The molecule has 52 heavy (non-hydrogen) atoms. The Balaban J connectivity index is 1.39. The molecule has 0 saturated heterocycles. The normalized spacial score (nSPS) is 13.3. The first kappa shape index (κ1) is 32.6. The van der Waals surface area contributed by atoms with Crippen LogP contribution < -0.4 is 20.2 Å². The summed E-state index contributed by atoms with van der Waals surface area (Å²) in [5.74, 6) is 0. The molecule has 0 bridgehead atoms. The van der Waals surface area contributed by atoms with Crippen LogP contribution in [0.25, 0.3) is 11.6 Å². The summed E-state index contributed by atoms with van der Waals surface area (Å²) in [6, 6.07) is 69.3. The maximum absolute atomic E-state index is 2.41. The predicted molar refractivity (Wildman–Crippen MR) is 220 cm³/mol. The van der Waals surface area contributed by atoms with Gasteiger partial charge in [-0.3, -0.25) is 0 Å². The van der Waals surface area contributed by atoms with E-state index in [1.165, 1.54) is 22.1 Å². The molecular formula is C50H40N2. The monoisotopic (exact) mass is 668 g/mol. The van der Waals surface area contributed by atoms with Crippen molar-refractivity contribution in [3.05, 3.63) is 245 Å². The Morgan fingerprint density at radius 1 is 0.442 bits per heavy atom. The summed E-state index contributed by atoms with van der Waals surface area (Å²) < 4.78 is 0. The number of para-hydroxylation sites is 3. The Hall–Kier alpha value is -6.64. The Labute approximate surface area is 306 Å². The third kappa shape index (κ3) is 7.14. The highest BCUT2D eigenvalue weighted by Crippen LogP contribution is 2.36. The summed E-state index contributed by atoms with van der Waals surface area (Å²) in [5.41, 5.74) is 11.6. The summed E-state index contributed by atoms with van der Waals surface area (Å²) >= 11 is 0. The van der Waals surface area contributed by atoms with Crippen molar-refractivity contribution < 1.29 is 0 Å².